The average molecular weight is 388 g/mol. The van der Waals surface area contributed by atoms with Gasteiger partial charge in [0, 0.05) is 16.7 Å². The van der Waals surface area contributed by atoms with E-state index in [1.807, 2.05) is 22.6 Å². The number of halogens is 1. The number of carbonyl (C=O) groups is 2. The normalized spacial score (nSPS) is 18.7. The van der Waals surface area contributed by atoms with E-state index in [0.29, 0.717) is 11.6 Å². The van der Waals surface area contributed by atoms with Gasteiger partial charge in [-0.15, -0.1) is 0 Å². The third kappa shape index (κ3) is 3.62. The number of urea groups is 1. The molecule has 0 saturated carbocycles. The Balaban J connectivity index is 2.13. The number of aromatic carboxylic acids is 1. The van der Waals surface area contributed by atoms with Gasteiger partial charge in [-0.25, -0.2) is 9.59 Å². The molecule has 0 bridgehead atoms. The van der Waals surface area contributed by atoms with Crippen molar-refractivity contribution in [3.8, 4) is 0 Å². The number of rotatable bonds is 2. The van der Waals surface area contributed by atoms with Gasteiger partial charge in [0.05, 0.1) is 11.3 Å². The molecule has 0 spiro atoms. The number of carbonyl (C=O) groups excluding carboxylic acids is 1. The van der Waals surface area contributed by atoms with Crippen LogP contribution in [-0.4, -0.2) is 35.1 Å². The number of hydrogen-bond donors (Lipinski definition) is 2. The molecule has 1 aromatic rings. The predicted octanol–water partition coefficient (Wildman–Crippen LogP) is 3.25. The minimum Gasteiger partial charge on any atom is -0.478 e. The van der Waals surface area contributed by atoms with E-state index in [1.54, 1.807) is 23.1 Å². The second kappa shape index (κ2) is 6.43. The highest BCUT2D eigenvalue weighted by atomic mass is 127. The third-order valence-corrected chi connectivity index (χ3v) is 4.07. The minimum absolute atomic E-state index is 0.121. The molecule has 1 aliphatic rings. The number of piperidine rings is 1. The lowest BCUT2D eigenvalue weighted by molar-refractivity contribution is 0.0698. The van der Waals surface area contributed by atoms with Crippen molar-refractivity contribution in [2.75, 3.05) is 18.4 Å². The van der Waals surface area contributed by atoms with Crippen LogP contribution in [0.25, 0.3) is 0 Å². The molecule has 6 heteroatoms. The number of anilines is 1. The highest BCUT2D eigenvalue weighted by molar-refractivity contribution is 14.1. The van der Waals surface area contributed by atoms with Gasteiger partial charge in [0.1, 0.15) is 0 Å². The van der Waals surface area contributed by atoms with Gasteiger partial charge in [0.15, 0.2) is 0 Å². The molecule has 0 aromatic heterocycles. The maximum absolute atomic E-state index is 12.2. The summed E-state index contributed by atoms with van der Waals surface area (Å²) in [7, 11) is 0. The zero-order valence-corrected chi connectivity index (χ0v) is 13.4. The van der Waals surface area contributed by atoms with E-state index in [1.165, 1.54) is 0 Å². The molecule has 5 nitrogen and oxygen atoms in total. The SMILES string of the molecule is CC1CCCN(C(=O)Nc2ccc(I)cc2C(=O)O)C1. The molecule has 1 unspecified atom stereocenters. The largest absolute Gasteiger partial charge is 0.478 e. The van der Waals surface area contributed by atoms with Crippen molar-refractivity contribution in [1.29, 1.82) is 0 Å². The van der Waals surface area contributed by atoms with Gasteiger partial charge in [0.25, 0.3) is 0 Å². The number of benzene rings is 1. The summed E-state index contributed by atoms with van der Waals surface area (Å²) in [5, 5.41) is 11.9. The van der Waals surface area contributed by atoms with Gasteiger partial charge in [0.2, 0.25) is 0 Å². The Morgan fingerprint density at radius 3 is 2.85 bits per heavy atom. The molecule has 1 aliphatic heterocycles. The highest BCUT2D eigenvalue weighted by Gasteiger charge is 2.22. The van der Waals surface area contributed by atoms with Crippen LogP contribution in [0.2, 0.25) is 0 Å². The molecule has 1 fully saturated rings. The van der Waals surface area contributed by atoms with E-state index in [0.717, 1.165) is 29.5 Å². The van der Waals surface area contributed by atoms with E-state index in [2.05, 4.69) is 12.2 Å². The van der Waals surface area contributed by atoms with E-state index in [4.69, 9.17) is 0 Å². The number of hydrogen-bond acceptors (Lipinski definition) is 2. The van der Waals surface area contributed by atoms with Crippen molar-refractivity contribution in [2.24, 2.45) is 5.92 Å². The molecule has 1 saturated heterocycles. The van der Waals surface area contributed by atoms with Crippen LogP contribution in [0.1, 0.15) is 30.1 Å². The fourth-order valence-electron chi connectivity index (χ4n) is 2.37. The Bertz CT molecular complexity index is 533. The summed E-state index contributed by atoms with van der Waals surface area (Å²) in [6.07, 6.45) is 2.13. The zero-order chi connectivity index (χ0) is 14.7. The topological polar surface area (TPSA) is 69.6 Å². The summed E-state index contributed by atoms with van der Waals surface area (Å²) in [6.45, 7) is 3.56. The molecule has 2 amide bonds. The van der Waals surface area contributed by atoms with Crippen LogP contribution in [0.3, 0.4) is 0 Å². The van der Waals surface area contributed by atoms with Crippen LogP contribution >= 0.6 is 22.6 Å². The molecule has 1 heterocycles. The summed E-state index contributed by atoms with van der Waals surface area (Å²) >= 11 is 2.05. The summed E-state index contributed by atoms with van der Waals surface area (Å²) in [6, 6.07) is 4.75. The number of amides is 2. The first-order valence-corrected chi connectivity index (χ1v) is 7.64. The zero-order valence-electron chi connectivity index (χ0n) is 11.2. The molecule has 0 aliphatic carbocycles. The van der Waals surface area contributed by atoms with Gasteiger partial charge in [-0.3, -0.25) is 0 Å². The van der Waals surface area contributed by atoms with Crippen LogP contribution in [0.4, 0.5) is 10.5 Å². The third-order valence-electron chi connectivity index (χ3n) is 3.40. The Morgan fingerprint density at radius 1 is 1.45 bits per heavy atom. The first kappa shape index (κ1) is 15.1. The van der Waals surface area contributed by atoms with Crippen molar-refractivity contribution < 1.29 is 14.7 Å². The average Bonchev–Trinajstić information content (AvgIpc) is 2.40. The first-order chi connectivity index (χ1) is 9.47. The molecule has 108 valence electrons. The predicted molar refractivity (Wildman–Crippen MR) is 85.1 cm³/mol. The van der Waals surface area contributed by atoms with Crippen molar-refractivity contribution >= 4 is 40.3 Å². The number of nitrogens with zero attached hydrogens (tertiary/aromatic N) is 1. The lowest BCUT2D eigenvalue weighted by atomic mass is 10.0. The maximum Gasteiger partial charge on any atom is 0.337 e. The maximum atomic E-state index is 12.2. The quantitative estimate of drug-likeness (QED) is 0.765. The van der Waals surface area contributed by atoms with Crippen LogP contribution in [0.5, 0.6) is 0 Å². The molecule has 1 atom stereocenters. The van der Waals surface area contributed by atoms with Crippen molar-refractivity contribution in [2.45, 2.75) is 19.8 Å². The van der Waals surface area contributed by atoms with Crippen molar-refractivity contribution in [1.82, 2.24) is 4.90 Å². The van der Waals surface area contributed by atoms with Crippen LogP contribution in [0, 0.1) is 9.49 Å². The Morgan fingerprint density at radius 2 is 2.20 bits per heavy atom. The smallest absolute Gasteiger partial charge is 0.337 e. The molecule has 2 N–H and O–H groups in total. The van der Waals surface area contributed by atoms with Crippen molar-refractivity contribution in [3.05, 3.63) is 27.3 Å². The number of likely N-dealkylation sites (tertiary alicyclic amines) is 1. The molecule has 20 heavy (non-hydrogen) atoms. The first-order valence-electron chi connectivity index (χ1n) is 6.56. The standard InChI is InChI=1S/C14H17IN2O3/c1-9-3-2-6-17(8-9)14(20)16-12-5-4-10(15)7-11(12)13(18)19/h4-5,7,9H,2-3,6,8H2,1H3,(H,16,20)(H,18,19). The number of carboxylic acids is 1. The van der Waals surface area contributed by atoms with E-state index >= 15 is 0 Å². The second-order valence-corrected chi connectivity index (χ2v) is 6.36. The monoisotopic (exact) mass is 388 g/mol. The van der Waals surface area contributed by atoms with Crippen LogP contribution in [-0.2, 0) is 0 Å². The summed E-state index contributed by atoms with van der Waals surface area (Å²) in [5.74, 6) is -0.545. The Labute approximate surface area is 131 Å². The summed E-state index contributed by atoms with van der Waals surface area (Å²) in [4.78, 5) is 25.2. The van der Waals surface area contributed by atoms with Gasteiger partial charge in [-0.1, -0.05) is 6.92 Å². The van der Waals surface area contributed by atoms with Gasteiger partial charge in [-0.05, 0) is 59.5 Å². The fraction of sp³-hybridized carbons (Fsp3) is 0.429. The van der Waals surface area contributed by atoms with Crippen molar-refractivity contribution in [3.63, 3.8) is 0 Å². The second-order valence-electron chi connectivity index (χ2n) is 5.12. The minimum atomic E-state index is -1.04. The molecule has 2 rings (SSSR count). The molecule has 1 aromatic carbocycles. The van der Waals surface area contributed by atoms with Crippen LogP contribution in [0.15, 0.2) is 18.2 Å². The fourth-order valence-corrected chi connectivity index (χ4v) is 2.86. The van der Waals surface area contributed by atoms with E-state index in [-0.39, 0.29) is 11.6 Å². The Hall–Kier alpha value is -1.31. The van der Waals surface area contributed by atoms with E-state index < -0.39 is 5.97 Å². The molecular formula is C14H17IN2O3. The number of nitrogens with one attached hydrogen (secondary N) is 1. The summed E-state index contributed by atoms with van der Waals surface area (Å²) < 4.78 is 0.824. The van der Waals surface area contributed by atoms with Gasteiger partial charge >= 0.3 is 12.0 Å². The highest BCUT2D eigenvalue weighted by Crippen LogP contribution is 2.21. The van der Waals surface area contributed by atoms with Crippen LogP contribution < -0.4 is 5.32 Å². The lowest BCUT2D eigenvalue weighted by Crippen LogP contribution is -2.41. The van der Waals surface area contributed by atoms with E-state index in [9.17, 15) is 14.7 Å². The molecular weight excluding hydrogens is 371 g/mol. The lowest BCUT2D eigenvalue weighted by Gasteiger charge is -2.31. The number of carboxylic acid groups (broad SMARTS) is 1. The summed E-state index contributed by atoms with van der Waals surface area (Å²) in [5.41, 5.74) is 0.469. The van der Waals surface area contributed by atoms with Gasteiger partial charge in [-0.2, -0.15) is 0 Å². The Kier molecular flexibility index (Phi) is 4.85. The molecule has 0 radical (unpaired) electrons. The van der Waals surface area contributed by atoms with Gasteiger partial charge < -0.3 is 15.3 Å².